The number of nitrogens with two attached hydrogens (primary N) is 1. The van der Waals surface area contributed by atoms with Gasteiger partial charge >= 0.3 is 0 Å². The van der Waals surface area contributed by atoms with Crippen LogP contribution in [-0.4, -0.2) is 48.2 Å². The number of para-hydroxylation sites is 6. The minimum Gasteiger partial charge on any atom is -0.398 e. The van der Waals surface area contributed by atoms with E-state index >= 15 is 0 Å². The monoisotopic (exact) mass is 1750 g/mol. The van der Waals surface area contributed by atoms with E-state index in [2.05, 4.69) is 369 Å². The van der Waals surface area contributed by atoms with Gasteiger partial charge in [0.2, 0.25) is 0 Å². The minimum absolute atomic E-state index is 0.0509. The number of pyridine rings is 3. The van der Waals surface area contributed by atoms with Gasteiger partial charge in [-0.3, -0.25) is 13.7 Å². The van der Waals surface area contributed by atoms with Gasteiger partial charge in [-0.1, -0.05) is 253 Å². The average molecular weight is 1750 g/mol. The van der Waals surface area contributed by atoms with Crippen molar-refractivity contribution in [3.8, 4) is 28.8 Å². The highest BCUT2D eigenvalue weighted by molar-refractivity contribution is 9.10. The van der Waals surface area contributed by atoms with E-state index < -0.39 is 0 Å². The number of rotatable bonds is 4. The van der Waals surface area contributed by atoms with Crippen LogP contribution in [0.1, 0.15) is 160 Å². The molecule has 0 spiro atoms. The van der Waals surface area contributed by atoms with E-state index in [-0.39, 0.29) is 27.1 Å². The fraction of sp³-hybridized carbons (Fsp3) is 0.183. The van der Waals surface area contributed by atoms with Crippen LogP contribution >= 0.6 is 31.9 Å². The van der Waals surface area contributed by atoms with Crippen LogP contribution in [0, 0.1) is 27.7 Å². The Bertz CT molecular complexity index is 7660. The first-order valence-corrected chi connectivity index (χ1v) is 44.2. The number of fused-ring (bicyclic) bond motifs is 19. The molecule has 13 heterocycles. The Balaban J connectivity index is 0.000000107. The molecule has 0 unspecified atom stereocenters. The van der Waals surface area contributed by atoms with Crippen LogP contribution in [0.3, 0.4) is 0 Å². The fourth-order valence-electron chi connectivity index (χ4n) is 20.6. The summed E-state index contributed by atoms with van der Waals surface area (Å²) < 4.78 is 13.3. The van der Waals surface area contributed by atoms with Crippen LogP contribution in [0.5, 0.6) is 0 Å². The van der Waals surface area contributed by atoms with Crippen molar-refractivity contribution in [2.24, 2.45) is 0 Å². The number of allylic oxidation sites excluding steroid dienone is 1. The highest BCUT2D eigenvalue weighted by Crippen LogP contribution is 2.57. The van der Waals surface area contributed by atoms with E-state index in [1.54, 1.807) is 0 Å². The van der Waals surface area contributed by atoms with Gasteiger partial charge in [-0.2, -0.15) is 10.2 Å². The molecule has 11 aromatic carbocycles. The Labute approximate surface area is 740 Å². The summed E-state index contributed by atoms with van der Waals surface area (Å²) in [6.07, 6.45) is 5.73. The lowest BCUT2D eigenvalue weighted by atomic mass is 9.73. The van der Waals surface area contributed by atoms with Gasteiger partial charge in [-0.15, -0.1) is 0 Å². The van der Waals surface area contributed by atoms with Crippen molar-refractivity contribution >= 4 is 137 Å². The summed E-state index contributed by atoms with van der Waals surface area (Å²) in [6.45, 7) is 37.2. The van der Waals surface area contributed by atoms with E-state index in [4.69, 9.17) is 25.8 Å². The number of hydrogen-bond donors (Lipinski definition) is 2. The summed E-state index contributed by atoms with van der Waals surface area (Å²) in [7, 11) is 0. The number of benzene rings is 11. The molecule has 0 saturated carbocycles. The number of halogens is 2. The SMILES string of the molecule is C=C(C)c1ccccc1N.CC1(C)c2ccccc2Nc2cc3c(cc21)c1cccc2c1n3-c1ncccc1C2(C)C.CC1(C)c2cccnc2-n2c3cc(Br)ccc3c3cccc1c32.Cc1cc(C)n(-c2cccc(Br)c2)n1.Cc1cc(C)n(-c2cccc(N3c4ccccc4C(C)(C)c4cc5c6cccc7c6n(c5cc43)-c3ncccc3C7(C)C)c2)n1. The van der Waals surface area contributed by atoms with E-state index in [1.807, 2.05) is 97.3 Å². The Morgan fingerprint density at radius 1 is 0.339 bits per heavy atom. The van der Waals surface area contributed by atoms with Crippen molar-refractivity contribution in [1.29, 1.82) is 0 Å². The molecule has 0 atom stereocenters. The molecule has 0 fully saturated rings. The molecule has 8 aromatic heterocycles. The van der Waals surface area contributed by atoms with Crippen LogP contribution in [0.15, 0.2) is 301 Å². The molecule has 15 heteroatoms. The van der Waals surface area contributed by atoms with E-state index in [0.29, 0.717) is 0 Å². The zero-order valence-electron chi connectivity index (χ0n) is 72.6. The summed E-state index contributed by atoms with van der Waals surface area (Å²) in [6, 6.07) is 95.5. The third-order valence-electron chi connectivity index (χ3n) is 26.7. The second kappa shape index (κ2) is 29.2. The smallest absolute Gasteiger partial charge is 0.141 e. The molecule has 612 valence electrons. The van der Waals surface area contributed by atoms with E-state index in [1.165, 1.54) is 144 Å². The van der Waals surface area contributed by atoms with Gasteiger partial charge in [-0.05, 0) is 206 Å². The second-order valence-corrected chi connectivity index (χ2v) is 38.2. The first kappa shape index (κ1) is 79.3. The van der Waals surface area contributed by atoms with Gasteiger partial charge in [0.05, 0.1) is 67.2 Å². The molecule has 0 amide bonds. The van der Waals surface area contributed by atoms with E-state index in [9.17, 15) is 0 Å². The molecule has 24 rings (SSSR count). The lowest BCUT2D eigenvalue weighted by Gasteiger charge is -2.42. The first-order valence-electron chi connectivity index (χ1n) is 42.6. The van der Waals surface area contributed by atoms with Gasteiger partial charge < -0.3 is 16.0 Å². The van der Waals surface area contributed by atoms with Crippen LogP contribution in [-0.2, 0) is 27.1 Å². The molecular weight excluding hydrogens is 1650 g/mol. The lowest BCUT2D eigenvalue weighted by Crippen LogP contribution is -2.30. The van der Waals surface area contributed by atoms with Gasteiger partial charge in [0.15, 0.2) is 0 Å². The summed E-state index contributed by atoms with van der Waals surface area (Å²) in [4.78, 5) is 17.1. The Morgan fingerprint density at radius 2 is 0.758 bits per heavy atom. The van der Waals surface area contributed by atoms with Gasteiger partial charge in [0.1, 0.15) is 17.5 Å². The highest BCUT2D eigenvalue weighted by atomic mass is 79.9. The molecule has 0 saturated heterocycles. The van der Waals surface area contributed by atoms with Gasteiger partial charge in [0.25, 0.3) is 0 Å². The summed E-state index contributed by atoms with van der Waals surface area (Å²) in [5.41, 5.74) is 40.9. The fourth-order valence-corrected chi connectivity index (χ4v) is 21.3. The third kappa shape index (κ3) is 12.4. The maximum Gasteiger partial charge on any atom is 0.141 e. The van der Waals surface area contributed by atoms with Crippen LogP contribution in [0.2, 0.25) is 0 Å². The molecule has 5 aliphatic heterocycles. The highest BCUT2D eigenvalue weighted by Gasteiger charge is 2.43. The van der Waals surface area contributed by atoms with Gasteiger partial charge in [-0.25, -0.2) is 24.3 Å². The number of nitrogen functional groups attached to an aromatic ring is 1. The number of aromatic nitrogens is 10. The standard InChI is InChI=1S/C40H35N5.C29H25N3.C20H15BrN2.C11H11BrN2.C9H11N/c1-24-20-25(2)45(42-24)27-13-9-12-26(21-27)43-34-18-8-7-15-30(34)39(3,4)33-22-29-28-14-10-16-31-37(28)44(35(29)23-36(33)43)38-32(40(31,5)6)17-11-19-41-38;1-28(2)19-10-5-6-13-23(19)31-24-16-25-18(15-22(24)28)17-9-7-11-20-26(17)32(25)27-21(29(20,3)4)12-8-14-30-27;1-20(2)15-6-3-5-14-13-9-8-12(21)11-17(13)23(18(14)15)19-16(20)7-4-10-22-19;1-8-6-9(2)14(13-8)11-5-3-4-10(12)7-11;1-7(2)8-5-3-4-6-9(8)10/h7-23H,1-6H3;5-16,31H,1-4H3;3-11H,1-2H3;3-7H,1-2H3;3-6H,1,10H2,2H3. The van der Waals surface area contributed by atoms with Crippen molar-refractivity contribution in [1.82, 2.24) is 48.2 Å². The number of anilines is 6. The molecule has 3 N–H and O–H groups in total. The lowest BCUT2D eigenvalue weighted by molar-refractivity contribution is 0.624. The Morgan fingerprint density at radius 3 is 1.27 bits per heavy atom. The normalized spacial score (nSPS) is 14.8. The molecule has 0 radical (unpaired) electrons. The van der Waals surface area contributed by atoms with Crippen molar-refractivity contribution in [2.45, 2.75) is 131 Å². The maximum absolute atomic E-state index is 5.66. The number of nitrogens with zero attached hydrogens (tertiary/aromatic N) is 11. The summed E-state index contributed by atoms with van der Waals surface area (Å²) in [5.74, 6) is 3.12. The number of hydrogen-bond acceptors (Lipinski definition) is 8. The Kier molecular flexibility index (Phi) is 18.7. The molecule has 124 heavy (non-hydrogen) atoms. The largest absolute Gasteiger partial charge is 0.398 e. The van der Waals surface area contributed by atoms with E-state index in [0.717, 1.165) is 83.1 Å². The Hall–Kier alpha value is -13.2. The zero-order valence-corrected chi connectivity index (χ0v) is 75.8. The molecule has 19 aromatic rings. The maximum atomic E-state index is 5.66. The molecular formula is C109H97Br2N13. The van der Waals surface area contributed by atoms with Crippen LogP contribution in [0.4, 0.5) is 34.1 Å². The molecule has 0 aliphatic carbocycles. The molecule has 0 bridgehead atoms. The molecule has 5 aliphatic rings. The average Bonchev–Trinajstić information content (AvgIpc) is 1.52. The predicted molar refractivity (Wildman–Crippen MR) is 521 cm³/mol. The number of aryl methyl sites for hydroxylation is 4. The third-order valence-corrected chi connectivity index (χ3v) is 27.7. The quantitative estimate of drug-likeness (QED) is 0.167. The van der Waals surface area contributed by atoms with Crippen molar-refractivity contribution in [3.63, 3.8) is 0 Å². The molecule has 13 nitrogen and oxygen atoms in total. The zero-order chi connectivity index (χ0) is 86.1. The van der Waals surface area contributed by atoms with Gasteiger partial charge in [0, 0.05) is 138 Å². The minimum atomic E-state index is -0.203. The first-order chi connectivity index (χ1) is 59.5. The topological polar surface area (TPSA) is 130 Å². The van der Waals surface area contributed by atoms with Crippen molar-refractivity contribution in [2.75, 3.05) is 16.0 Å². The van der Waals surface area contributed by atoms with Crippen molar-refractivity contribution < 1.29 is 0 Å². The predicted octanol–water partition coefficient (Wildman–Crippen LogP) is 28.1. The summed E-state index contributed by atoms with van der Waals surface area (Å²) >= 11 is 7.07. The van der Waals surface area contributed by atoms with Crippen molar-refractivity contribution in [3.05, 3.63) is 385 Å². The second-order valence-electron chi connectivity index (χ2n) is 36.4. The van der Waals surface area contributed by atoms with Crippen LogP contribution < -0.4 is 16.0 Å². The summed E-state index contributed by atoms with van der Waals surface area (Å²) in [5, 5.41) is 20.7. The number of nitrogens with one attached hydrogen (secondary N) is 1. The van der Waals surface area contributed by atoms with Crippen LogP contribution in [0.25, 0.3) is 99.8 Å².